The smallest absolute Gasteiger partial charge is 0.221 e. The number of rotatable bonds is 5. The Bertz CT molecular complexity index is 447. The van der Waals surface area contributed by atoms with Gasteiger partial charge in [0.1, 0.15) is 0 Å². The SMILES string of the molecule is CNCCC(=O)NC1(c2ccc(Br)cc2)CCOCC1.Cl. The highest BCUT2D eigenvalue weighted by Gasteiger charge is 2.35. The van der Waals surface area contributed by atoms with Crippen LogP contribution in [-0.2, 0) is 15.1 Å². The molecule has 0 atom stereocenters. The van der Waals surface area contributed by atoms with Gasteiger partial charge >= 0.3 is 0 Å². The van der Waals surface area contributed by atoms with E-state index in [1.54, 1.807) is 0 Å². The molecule has 0 saturated carbocycles. The molecule has 1 aliphatic rings. The summed E-state index contributed by atoms with van der Waals surface area (Å²) < 4.78 is 6.51. The first-order valence-electron chi connectivity index (χ1n) is 6.96. The predicted molar refractivity (Wildman–Crippen MR) is 89.8 cm³/mol. The molecule has 0 bridgehead atoms. The first-order valence-corrected chi connectivity index (χ1v) is 7.75. The molecule has 1 aliphatic heterocycles. The van der Waals surface area contributed by atoms with E-state index in [4.69, 9.17) is 4.74 Å². The van der Waals surface area contributed by atoms with Crippen LogP contribution in [0.15, 0.2) is 28.7 Å². The molecule has 0 unspecified atom stereocenters. The van der Waals surface area contributed by atoms with Gasteiger partial charge in [-0.25, -0.2) is 0 Å². The third kappa shape index (κ3) is 4.95. The van der Waals surface area contributed by atoms with E-state index >= 15 is 0 Å². The van der Waals surface area contributed by atoms with E-state index in [-0.39, 0.29) is 23.9 Å². The van der Waals surface area contributed by atoms with E-state index in [2.05, 4.69) is 38.7 Å². The molecule has 1 amide bonds. The second kappa shape index (κ2) is 8.73. The molecule has 1 aromatic rings. The number of ether oxygens (including phenoxy) is 1. The van der Waals surface area contributed by atoms with Crippen LogP contribution in [0.3, 0.4) is 0 Å². The molecule has 0 aromatic heterocycles. The monoisotopic (exact) mass is 376 g/mol. The van der Waals surface area contributed by atoms with Crippen LogP contribution in [0.5, 0.6) is 0 Å². The summed E-state index contributed by atoms with van der Waals surface area (Å²) in [7, 11) is 1.85. The maximum absolute atomic E-state index is 12.1. The highest BCUT2D eigenvalue weighted by molar-refractivity contribution is 9.10. The summed E-state index contributed by atoms with van der Waals surface area (Å²) in [5, 5.41) is 6.23. The Morgan fingerprint density at radius 2 is 1.90 bits per heavy atom. The zero-order valence-corrected chi connectivity index (χ0v) is 14.6. The quantitative estimate of drug-likeness (QED) is 0.829. The fourth-order valence-corrected chi connectivity index (χ4v) is 2.81. The van der Waals surface area contributed by atoms with Crippen LogP contribution in [0.4, 0.5) is 0 Å². The van der Waals surface area contributed by atoms with Crippen molar-refractivity contribution in [2.24, 2.45) is 0 Å². The maximum atomic E-state index is 12.1. The van der Waals surface area contributed by atoms with Crippen molar-refractivity contribution in [2.75, 3.05) is 26.8 Å². The van der Waals surface area contributed by atoms with Crippen molar-refractivity contribution < 1.29 is 9.53 Å². The molecule has 118 valence electrons. The molecular formula is C15H22BrClN2O2. The molecule has 0 radical (unpaired) electrons. The zero-order chi connectivity index (χ0) is 14.4. The molecule has 1 aromatic carbocycles. The van der Waals surface area contributed by atoms with Gasteiger partial charge in [-0.1, -0.05) is 28.1 Å². The van der Waals surface area contributed by atoms with E-state index < -0.39 is 0 Å². The van der Waals surface area contributed by atoms with Crippen LogP contribution in [0.1, 0.15) is 24.8 Å². The third-order valence-electron chi connectivity index (χ3n) is 3.72. The van der Waals surface area contributed by atoms with E-state index in [1.165, 1.54) is 0 Å². The van der Waals surface area contributed by atoms with Crippen molar-refractivity contribution in [3.63, 3.8) is 0 Å². The molecule has 0 aliphatic carbocycles. The minimum Gasteiger partial charge on any atom is -0.381 e. The Labute approximate surface area is 140 Å². The number of benzene rings is 1. The molecule has 4 nitrogen and oxygen atoms in total. The minimum absolute atomic E-state index is 0. The summed E-state index contributed by atoms with van der Waals surface area (Å²) in [6, 6.07) is 8.19. The van der Waals surface area contributed by atoms with E-state index in [0.29, 0.717) is 26.2 Å². The number of nitrogens with one attached hydrogen (secondary N) is 2. The van der Waals surface area contributed by atoms with Gasteiger partial charge in [-0.05, 0) is 37.6 Å². The van der Waals surface area contributed by atoms with Crippen molar-refractivity contribution >= 4 is 34.2 Å². The lowest BCUT2D eigenvalue weighted by molar-refractivity contribution is -0.124. The lowest BCUT2D eigenvalue weighted by atomic mass is 9.82. The molecule has 2 rings (SSSR count). The Kier molecular flexibility index (Phi) is 7.66. The van der Waals surface area contributed by atoms with Gasteiger partial charge in [0.25, 0.3) is 0 Å². The summed E-state index contributed by atoms with van der Waals surface area (Å²) in [6.07, 6.45) is 2.13. The summed E-state index contributed by atoms with van der Waals surface area (Å²) in [6.45, 7) is 2.06. The zero-order valence-electron chi connectivity index (χ0n) is 12.2. The second-order valence-corrected chi connectivity index (χ2v) is 6.02. The summed E-state index contributed by atoms with van der Waals surface area (Å²) >= 11 is 3.45. The van der Waals surface area contributed by atoms with Gasteiger partial charge in [0.2, 0.25) is 5.91 Å². The molecular weight excluding hydrogens is 356 g/mol. The predicted octanol–water partition coefficient (Wildman–Crippen LogP) is 2.60. The largest absolute Gasteiger partial charge is 0.381 e. The average Bonchev–Trinajstić information content (AvgIpc) is 2.46. The van der Waals surface area contributed by atoms with Crippen LogP contribution < -0.4 is 10.6 Å². The van der Waals surface area contributed by atoms with Crippen molar-refractivity contribution in [3.05, 3.63) is 34.3 Å². The van der Waals surface area contributed by atoms with Gasteiger partial charge in [-0.2, -0.15) is 0 Å². The van der Waals surface area contributed by atoms with Gasteiger partial charge < -0.3 is 15.4 Å². The average molecular weight is 378 g/mol. The summed E-state index contributed by atoms with van der Waals surface area (Å²) in [5.41, 5.74) is 0.867. The van der Waals surface area contributed by atoms with Gasteiger partial charge in [0.05, 0.1) is 5.54 Å². The topological polar surface area (TPSA) is 50.4 Å². The van der Waals surface area contributed by atoms with Crippen molar-refractivity contribution in [3.8, 4) is 0 Å². The Hall–Kier alpha value is -0.620. The fourth-order valence-electron chi connectivity index (χ4n) is 2.54. The molecule has 2 N–H and O–H groups in total. The maximum Gasteiger partial charge on any atom is 0.221 e. The molecule has 1 fully saturated rings. The van der Waals surface area contributed by atoms with Crippen LogP contribution >= 0.6 is 28.3 Å². The van der Waals surface area contributed by atoms with Crippen LogP contribution in [0.2, 0.25) is 0 Å². The number of hydrogen-bond acceptors (Lipinski definition) is 3. The molecule has 1 heterocycles. The second-order valence-electron chi connectivity index (χ2n) is 5.10. The van der Waals surface area contributed by atoms with Crippen molar-refractivity contribution in [1.82, 2.24) is 10.6 Å². The van der Waals surface area contributed by atoms with Gasteiger partial charge in [0, 0.05) is 30.7 Å². The third-order valence-corrected chi connectivity index (χ3v) is 4.25. The number of carbonyl (C=O) groups is 1. The van der Waals surface area contributed by atoms with Gasteiger partial charge in [0.15, 0.2) is 0 Å². The Balaban J connectivity index is 0.00000220. The van der Waals surface area contributed by atoms with Gasteiger partial charge in [-0.3, -0.25) is 4.79 Å². The van der Waals surface area contributed by atoms with E-state index in [9.17, 15) is 4.79 Å². The minimum atomic E-state index is -0.288. The number of carbonyl (C=O) groups excluding carboxylic acids is 1. The lowest BCUT2D eigenvalue weighted by Gasteiger charge is -2.38. The highest BCUT2D eigenvalue weighted by Crippen LogP contribution is 2.33. The molecule has 0 spiro atoms. The fraction of sp³-hybridized carbons (Fsp3) is 0.533. The molecule has 6 heteroatoms. The number of halogens is 2. The van der Waals surface area contributed by atoms with Crippen LogP contribution in [-0.4, -0.2) is 32.7 Å². The van der Waals surface area contributed by atoms with E-state index in [0.717, 1.165) is 22.9 Å². The normalized spacial score (nSPS) is 16.9. The molecule has 21 heavy (non-hydrogen) atoms. The first-order chi connectivity index (χ1) is 9.66. The van der Waals surface area contributed by atoms with Crippen LogP contribution in [0, 0.1) is 0 Å². The molecule has 1 saturated heterocycles. The van der Waals surface area contributed by atoms with Crippen molar-refractivity contribution in [2.45, 2.75) is 24.8 Å². The number of hydrogen-bond donors (Lipinski definition) is 2. The lowest BCUT2D eigenvalue weighted by Crippen LogP contribution is -2.49. The van der Waals surface area contributed by atoms with Crippen LogP contribution in [0.25, 0.3) is 0 Å². The van der Waals surface area contributed by atoms with E-state index in [1.807, 2.05) is 19.2 Å². The highest BCUT2D eigenvalue weighted by atomic mass is 79.9. The van der Waals surface area contributed by atoms with Gasteiger partial charge in [-0.15, -0.1) is 12.4 Å². The summed E-state index contributed by atoms with van der Waals surface area (Å²) in [4.78, 5) is 12.1. The standard InChI is InChI=1S/C15H21BrN2O2.ClH/c1-17-9-6-14(19)18-15(7-10-20-11-8-15)12-2-4-13(16)5-3-12;/h2-5,17H,6-11H2,1H3,(H,18,19);1H. The van der Waals surface area contributed by atoms with Crippen molar-refractivity contribution in [1.29, 1.82) is 0 Å². The first kappa shape index (κ1) is 18.4. The summed E-state index contributed by atoms with van der Waals surface area (Å²) in [5.74, 6) is 0.0872. The Morgan fingerprint density at radius 1 is 1.29 bits per heavy atom. The number of amides is 1. The Morgan fingerprint density at radius 3 is 2.48 bits per heavy atom.